The van der Waals surface area contributed by atoms with Crippen molar-refractivity contribution in [3.05, 3.63) is 20.8 Å². The van der Waals surface area contributed by atoms with E-state index in [0.29, 0.717) is 11.5 Å². The molecular weight excluding hydrogens is 344 g/mol. The maximum Gasteiger partial charge on any atom is 0.0593 e. The Kier molecular flexibility index (Phi) is 5.91. The number of piperidine rings is 1. The topological polar surface area (TPSA) is 29.3 Å². The van der Waals surface area contributed by atoms with E-state index in [4.69, 9.17) is 5.73 Å². The van der Waals surface area contributed by atoms with Crippen molar-refractivity contribution in [2.75, 3.05) is 13.1 Å². The highest BCUT2D eigenvalue weighted by Crippen LogP contribution is 2.39. The molecule has 1 aromatic heterocycles. The molecule has 1 aliphatic rings. The molecule has 0 aromatic carbocycles. The minimum Gasteiger partial charge on any atom is -0.326 e. The number of rotatable bonds is 4. The molecule has 2 nitrogen and oxygen atoms in total. The fourth-order valence-electron chi connectivity index (χ4n) is 3.41. The third-order valence-electron chi connectivity index (χ3n) is 4.90. The predicted octanol–water partition coefficient (Wildman–Crippen LogP) is 5.05. The van der Waals surface area contributed by atoms with E-state index in [0.717, 1.165) is 12.3 Å². The van der Waals surface area contributed by atoms with E-state index < -0.39 is 0 Å². The summed E-state index contributed by atoms with van der Waals surface area (Å²) in [5.74, 6) is 0.835. The van der Waals surface area contributed by atoms with Crippen LogP contribution in [0.2, 0.25) is 0 Å². The Morgan fingerprint density at radius 2 is 2.00 bits per heavy atom. The highest BCUT2D eigenvalue weighted by molar-refractivity contribution is 9.10. The molecule has 0 amide bonds. The maximum atomic E-state index is 6.46. The lowest BCUT2D eigenvalue weighted by atomic mass is 9.75. The van der Waals surface area contributed by atoms with E-state index in [1.807, 2.05) is 11.3 Å². The average molecular weight is 373 g/mol. The van der Waals surface area contributed by atoms with Crippen molar-refractivity contribution in [2.45, 2.75) is 59.0 Å². The molecule has 2 N–H and O–H groups in total. The van der Waals surface area contributed by atoms with Gasteiger partial charge in [0.1, 0.15) is 0 Å². The molecule has 21 heavy (non-hydrogen) atoms. The predicted molar refractivity (Wildman–Crippen MR) is 96.8 cm³/mol. The Morgan fingerprint density at radius 1 is 1.38 bits per heavy atom. The molecule has 2 unspecified atom stereocenters. The Hall–Kier alpha value is 0.1000. The van der Waals surface area contributed by atoms with Crippen LogP contribution in [0.4, 0.5) is 0 Å². The molecule has 0 bridgehead atoms. The smallest absolute Gasteiger partial charge is 0.0593 e. The van der Waals surface area contributed by atoms with Crippen LogP contribution in [0.5, 0.6) is 0 Å². The van der Waals surface area contributed by atoms with E-state index >= 15 is 0 Å². The standard InChI is InChI=1S/C17H29BrN2S/c1-5-14(19)16(15-10-13(18)11-21-15)20-8-6-12(7-9-20)17(2,3)4/h10-12,14,16H,5-9,19H2,1-4H3. The molecule has 1 fully saturated rings. The number of nitrogens with zero attached hydrogens (tertiary/aromatic N) is 1. The third-order valence-corrected chi connectivity index (χ3v) is 6.67. The molecule has 2 atom stereocenters. The fraction of sp³-hybridized carbons (Fsp3) is 0.765. The molecule has 0 saturated carbocycles. The SMILES string of the molecule is CCC(N)C(c1cc(Br)cs1)N1CCC(C(C)(C)C)CC1. The summed E-state index contributed by atoms with van der Waals surface area (Å²) >= 11 is 5.42. The van der Waals surface area contributed by atoms with Crippen molar-refractivity contribution in [3.63, 3.8) is 0 Å². The van der Waals surface area contributed by atoms with Crippen LogP contribution in [0.3, 0.4) is 0 Å². The summed E-state index contributed by atoms with van der Waals surface area (Å²) in [7, 11) is 0. The molecule has 0 spiro atoms. The number of hydrogen-bond donors (Lipinski definition) is 1. The second kappa shape index (κ2) is 7.12. The van der Waals surface area contributed by atoms with Gasteiger partial charge in [-0.2, -0.15) is 0 Å². The van der Waals surface area contributed by atoms with Crippen molar-refractivity contribution >= 4 is 27.3 Å². The summed E-state index contributed by atoms with van der Waals surface area (Å²) in [5, 5.41) is 2.17. The van der Waals surface area contributed by atoms with E-state index in [-0.39, 0.29) is 6.04 Å². The Labute approximate surface area is 142 Å². The second-order valence-corrected chi connectivity index (χ2v) is 9.22. The largest absolute Gasteiger partial charge is 0.326 e. The zero-order valence-electron chi connectivity index (χ0n) is 13.7. The minimum absolute atomic E-state index is 0.224. The lowest BCUT2D eigenvalue weighted by molar-refractivity contribution is 0.0734. The average Bonchev–Trinajstić information content (AvgIpc) is 2.84. The molecule has 0 aliphatic carbocycles. The normalized spacial score (nSPS) is 21.4. The Balaban J connectivity index is 2.09. The molecule has 1 saturated heterocycles. The molecule has 4 heteroatoms. The molecule has 1 aliphatic heterocycles. The monoisotopic (exact) mass is 372 g/mol. The van der Waals surface area contributed by atoms with Crippen LogP contribution in [0.15, 0.2) is 15.9 Å². The first-order chi connectivity index (χ1) is 9.82. The second-order valence-electron chi connectivity index (χ2n) is 7.36. The van der Waals surface area contributed by atoms with Gasteiger partial charge in [-0.25, -0.2) is 0 Å². The molecule has 2 heterocycles. The summed E-state index contributed by atoms with van der Waals surface area (Å²) < 4.78 is 1.18. The van der Waals surface area contributed by atoms with Crippen molar-refractivity contribution < 1.29 is 0 Å². The van der Waals surface area contributed by atoms with Crippen LogP contribution in [0, 0.1) is 11.3 Å². The first-order valence-corrected chi connectivity index (χ1v) is 9.73. The van der Waals surface area contributed by atoms with Crippen molar-refractivity contribution in [1.29, 1.82) is 0 Å². The summed E-state index contributed by atoms with van der Waals surface area (Å²) in [6.07, 6.45) is 3.62. The quantitative estimate of drug-likeness (QED) is 0.801. The van der Waals surface area contributed by atoms with Gasteiger partial charge in [0.05, 0.1) is 6.04 Å². The van der Waals surface area contributed by atoms with Crippen LogP contribution in [0.1, 0.15) is 57.9 Å². The first-order valence-electron chi connectivity index (χ1n) is 8.06. The van der Waals surface area contributed by atoms with Gasteiger partial charge in [0, 0.05) is 20.8 Å². The Morgan fingerprint density at radius 3 is 2.43 bits per heavy atom. The lowest BCUT2D eigenvalue weighted by Gasteiger charge is -2.43. The summed E-state index contributed by atoms with van der Waals surface area (Å²) in [6, 6.07) is 2.86. The van der Waals surface area contributed by atoms with Gasteiger partial charge in [-0.3, -0.25) is 4.90 Å². The van der Waals surface area contributed by atoms with Crippen LogP contribution < -0.4 is 5.73 Å². The van der Waals surface area contributed by atoms with Gasteiger partial charge < -0.3 is 5.73 Å². The van der Waals surface area contributed by atoms with E-state index in [2.05, 4.69) is 60.0 Å². The first kappa shape index (κ1) is 17.5. The third kappa shape index (κ3) is 4.31. The van der Waals surface area contributed by atoms with Crippen molar-refractivity contribution in [2.24, 2.45) is 17.1 Å². The van der Waals surface area contributed by atoms with Crippen molar-refractivity contribution in [1.82, 2.24) is 4.90 Å². The number of nitrogens with two attached hydrogens (primary N) is 1. The summed E-state index contributed by atoms with van der Waals surface area (Å²) in [6.45, 7) is 11.7. The zero-order valence-corrected chi connectivity index (χ0v) is 16.1. The molecule has 1 aromatic rings. The van der Waals surface area contributed by atoms with Gasteiger partial charge in [-0.05, 0) is 65.7 Å². The summed E-state index contributed by atoms with van der Waals surface area (Å²) in [4.78, 5) is 4.03. The van der Waals surface area contributed by atoms with E-state index in [1.54, 1.807) is 0 Å². The lowest BCUT2D eigenvalue weighted by Crippen LogP contribution is -2.45. The van der Waals surface area contributed by atoms with E-state index in [9.17, 15) is 0 Å². The maximum absolute atomic E-state index is 6.46. The highest BCUT2D eigenvalue weighted by atomic mass is 79.9. The van der Waals surface area contributed by atoms with E-state index in [1.165, 1.54) is 35.3 Å². The molecule has 120 valence electrons. The number of likely N-dealkylation sites (tertiary alicyclic amines) is 1. The fourth-order valence-corrected chi connectivity index (χ4v) is 5.07. The highest BCUT2D eigenvalue weighted by Gasteiger charge is 2.34. The number of halogens is 1. The van der Waals surface area contributed by atoms with Gasteiger partial charge in [0.25, 0.3) is 0 Å². The Bertz CT molecular complexity index is 444. The number of hydrogen-bond acceptors (Lipinski definition) is 3. The van der Waals surface area contributed by atoms with Crippen LogP contribution >= 0.6 is 27.3 Å². The molecular formula is C17H29BrN2S. The van der Waals surface area contributed by atoms with Crippen LogP contribution in [-0.4, -0.2) is 24.0 Å². The van der Waals surface area contributed by atoms with Gasteiger partial charge in [-0.15, -0.1) is 11.3 Å². The summed E-state index contributed by atoms with van der Waals surface area (Å²) in [5.41, 5.74) is 6.89. The van der Waals surface area contributed by atoms with Crippen molar-refractivity contribution in [3.8, 4) is 0 Å². The number of thiophene rings is 1. The van der Waals surface area contributed by atoms with Gasteiger partial charge in [0.15, 0.2) is 0 Å². The van der Waals surface area contributed by atoms with Gasteiger partial charge in [0.2, 0.25) is 0 Å². The van der Waals surface area contributed by atoms with Crippen LogP contribution in [0.25, 0.3) is 0 Å². The van der Waals surface area contributed by atoms with Gasteiger partial charge >= 0.3 is 0 Å². The molecule has 2 rings (SSSR count). The van der Waals surface area contributed by atoms with Crippen LogP contribution in [-0.2, 0) is 0 Å². The zero-order chi connectivity index (χ0) is 15.6. The van der Waals surface area contributed by atoms with Gasteiger partial charge in [-0.1, -0.05) is 27.7 Å². The minimum atomic E-state index is 0.224. The molecule has 0 radical (unpaired) electrons.